The fourth-order valence-corrected chi connectivity index (χ4v) is 3.97. The Hall–Kier alpha value is -2.74. The maximum absolute atomic E-state index is 12.4. The zero-order valence-corrected chi connectivity index (χ0v) is 16.7. The molecule has 1 fully saturated rings. The first-order chi connectivity index (χ1) is 14.6. The van der Waals surface area contributed by atoms with Crippen molar-refractivity contribution in [3.63, 3.8) is 0 Å². The fraction of sp³-hybridized carbons (Fsp3) is 0.391. The number of carbonyl (C=O) groups excluding carboxylic acids is 2. The molecule has 2 aromatic carbocycles. The third-order valence-electron chi connectivity index (χ3n) is 5.51. The highest BCUT2D eigenvalue weighted by molar-refractivity contribution is 5.85. The van der Waals surface area contributed by atoms with Crippen molar-refractivity contribution < 1.29 is 23.9 Å². The topological polar surface area (TPSA) is 99.9 Å². The van der Waals surface area contributed by atoms with E-state index in [4.69, 9.17) is 20.0 Å². The van der Waals surface area contributed by atoms with E-state index in [-0.39, 0.29) is 18.9 Å². The second-order valence-corrected chi connectivity index (χ2v) is 7.61. The van der Waals surface area contributed by atoms with E-state index in [0.29, 0.717) is 6.61 Å². The van der Waals surface area contributed by atoms with Gasteiger partial charge in [-0.05, 0) is 35.1 Å². The van der Waals surface area contributed by atoms with Gasteiger partial charge in [-0.2, -0.15) is 0 Å². The van der Waals surface area contributed by atoms with Crippen LogP contribution in [0.4, 0.5) is 0 Å². The summed E-state index contributed by atoms with van der Waals surface area (Å²) in [5.74, 6) is -1.14. The maximum Gasteiger partial charge on any atom is 0.323 e. The predicted molar refractivity (Wildman–Crippen MR) is 110 cm³/mol. The molecule has 1 amide bonds. The summed E-state index contributed by atoms with van der Waals surface area (Å²) in [7, 11) is 0. The Morgan fingerprint density at radius 2 is 1.73 bits per heavy atom. The van der Waals surface area contributed by atoms with Crippen LogP contribution >= 0.6 is 0 Å². The summed E-state index contributed by atoms with van der Waals surface area (Å²) in [5.41, 5.74) is 12.7. The highest BCUT2D eigenvalue weighted by atomic mass is 16.8. The molecule has 1 saturated heterocycles. The van der Waals surface area contributed by atoms with E-state index in [1.165, 1.54) is 0 Å². The van der Waals surface area contributed by atoms with Crippen LogP contribution < -0.4 is 11.2 Å². The van der Waals surface area contributed by atoms with Gasteiger partial charge in [0, 0.05) is 18.9 Å². The summed E-state index contributed by atoms with van der Waals surface area (Å²) in [4.78, 5) is 29.6. The van der Waals surface area contributed by atoms with Crippen LogP contribution in [0.1, 0.15) is 42.7 Å². The number of esters is 1. The number of nitrogens with two attached hydrogens (primary N) is 1. The summed E-state index contributed by atoms with van der Waals surface area (Å²) in [6.07, 6.45) is 2.02. The van der Waals surface area contributed by atoms with E-state index in [9.17, 15) is 9.59 Å². The number of hydrogen-bond acceptors (Lipinski definition) is 6. The van der Waals surface area contributed by atoms with Gasteiger partial charge in [0.05, 0.1) is 6.42 Å². The minimum absolute atomic E-state index is 0.0471. The van der Waals surface area contributed by atoms with Gasteiger partial charge in [-0.15, -0.1) is 0 Å². The Bertz CT molecular complexity index is 864. The summed E-state index contributed by atoms with van der Waals surface area (Å²) in [6, 6.07) is 15.1. The molecule has 2 aromatic rings. The van der Waals surface area contributed by atoms with Crippen molar-refractivity contribution >= 4 is 11.9 Å². The molecular weight excluding hydrogens is 384 g/mol. The standard InChI is InChI=1S/C23H26N2O5/c24-20(13-21(26)25-30-22-11-5-6-12-28-22)23(27)29-14-19-17-9-3-1-7-15(17)16-8-2-4-10-18(16)19/h1-4,7-10,19-20,22H,5-6,11-14,24H2,(H,25,26)/t20-,22-/m1/s1. The molecule has 0 aromatic heterocycles. The maximum atomic E-state index is 12.4. The minimum Gasteiger partial charge on any atom is -0.464 e. The van der Waals surface area contributed by atoms with Crippen LogP contribution in [-0.4, -0.2) is 37.4 Å². The van der Waals surface area contributed by atoms with Crippen LogP contribution in [0.5, 0.6) is 0 Å². The Kier molecular flexibility index (Phi) is 6.42. The molecule has 1 aliphatic carbocycles. The number of amides is 1. The molecule has 1 heterocycles. The third kappa shape index (κ3) is 4.53. The predicted octanol–water partition coefficient (Wildman–Crippen LogP) is 2.63. The Labute approximate surface area is 175 Å². The van der Waals surface area contributed by atoms with Crippen molar-refractivity contribution in [2.24, 2.45) is 5.73 Å². The number of benzene rings is 2. The number of rotatable bonds is 7. The largest absolute Gasteiger partial charge is 0.464 e. The van der Waals surface area contributed by atoms with Crippen LogP contribution in [0.3, 0.4) is 0 Å². The molecule has 30 heavy (non-hydrogen) atoms. The van der Waals surface area contributed by atoms with Gasteiger partial charge in [0.2, 0.25) is 5.91 Å². The lowest BCUT2D eigenvalue weighted by atomic mass is 9.98. The first kappa shape index (κ1) is 20.5. The second-order valence-electron chi connectivity index (χ2n) is 7.61. The van der Waals surface area contributed by atoms with Gasteiger partial charge in [-0.3, -0.25) is 9.59 Å². The molecule has 0 saturated carbocycles. The van der Waals surface area contributed by atoms with E-state index in [1.807, 2.05) is 36.4 Å². The van der Waals surface area contributed by atoms with E-state index >= 15 is 0 Å². The molecule has 2 atom stereocenters. The van der Waals surface area contributed by atoms with Crippen LogP contribution in [-0.2, 0) is 23.9 Å². The third-order valence-corrected chi connectivity index (χ3v) is 5.51. The Morgan fingerprint density at radius 3 is 2.37 bits per heavy atom. The van der Waals surface area contributed by atoms with E-state index in [0.717, 1.165) is 41.5 Å². The van der Waals surface area contributed by atoms with Gasteiger partial charge < -0.3 is 15.2 Å². The van der Waals surface area contributed by atoms with Crippen molar-refractivity contribution in [3.05, 3.63) is 59.7 Å². The first-order valence-corrected chi connectivity index (χ1v) is 10.3. The van der Waals surface area contributed by atoms with Crippen molar-refractivity contribution in [3.8, 4) is 11.1 Å². The normalized spacial score (nSPS) is 18.9. The van der Waals surface area contributed by atoms with Crippen LogP contribution in [0.2, 0.25) is 0 Å². The summed E-state index contributed by atoms with van der Waals surface area (Å²) in [6.45, 7) is 0.786. The van der Waals surface area contributed by atoms with Crippen molar-refractivity contribution in [2.75, 3.05) is 13.2 Å². The zero-order chi connectivity index (χ0) is 20.9. The first-order valence-electron chi connectivity index (χ1n) is 10.3. The molecule has 2 aliphatic rings. The molecule has 7 nitrogen and oxygen atoms in total. The van der Waals surface area contributed by atoms with Crippen molar-refractivity contribution in [1.82, 2.24) is 5.48 Å². The minimum atomic E-state index is -1.06. The van der Waals surface area contributed by atoms with Crippen molar-refractivity contribution in [1.29, 1.82) is 0 Å². The molecule has 7 heteroatoms. The molecule has 0 bridgehead atoms. The van der Waals surface area contributed by atoms with Crippen LogP contribution in [0, 0.1) is 0 Å². The Balaban J connectivity index is 1.29. The lowest BCUT2D eigenvalue weighted by Crippen LogP contribution is -2.40. The number of carbonyl (C=O) groups is 2. The second kappa shape index (κ2) is 9.38. The van der Waals surface area contributed by atoms with Gasteiger partial charge in [-0.25, -0.2) is 10.3 Å². The lowest BCUT2D eigenvalue weighted by molar-refractivity contribution is -0.200. The molecule has 4 rings (SSSR count). The van der Waals surface area contributed by atoms with Crippen LogP contribution in [0.25, 0.3) is 11.1 Å². The summed E-state index contributed by atoms with van der Waals surface area (Å²) < 4.78 is 10.9. The highest BCUT2D eigenvalue weighted by Gasteiger charge is 2.30. The van der Waals surface area contributed by atoms with Gasteiger partial charge in [0.25, 0.3) is 0 Å². The quantitative estimate of drug-likeness (QED) is 0.538. The van der Waals surface area contributed by atoms with Gasteiger partial charge in [-0.1, -0.05) is 48.5 Å². The average Bonchev–Trinajstić information content (AvgIpc) is 3.10. The van der Waals surface area contributed by atoms with E-state index < -0.39 is 24.2 Å². The smallest absolute Gasteiger partial charge is 0.323 e. The molecule has 0 unspecified atom stereocenters. The molecular formula is C23H26N2O5. The number of hydroxylamine groups is 1. The number of ether oxygens (including phenoxy) is 2. The number of hydrogen-bond donors (Lipinski definition) is 2. The molecule has 0 radical (unpaired) electrons. The number of fused-ring (bicyclic) bond motifs is 3. The van der Waals surface area contributed by atoms with E-state index in [2.05, 4.69) is 17.6 Å². The van der Waals surface area contributed by atoms with E-state index in [1.54, 1.807) is 0 Å². The van der Waals surface area contributed by atoms with Gasteiger partial charge in [0.15, 0.2) is 6.29 Å². The average molecular weight is 410 g/mol. The summed E-state index contributed by atoms with van der Waals surface area (Å²) >= 11 is 0. The fourth-order valence-electron chi connectivity index (χ4n) is 3.97. The Morgan fingerprint density at radius 1 is 1.07 bits per heavy atom. The number of nitrogens with one attached hydrogen (secondary N) is 1. The van der Waals surface area contributed by atoms with Gasteiger partial charge in [0.1, 0.15) is 12.6 Å². The zero-order valence-electron chi connectivity index (χ0n) is 16.7. The highest BCUT2D eigenvalue weighted by Crippen LogP contribution is 2.44. The van der Waals surface area contributed by atoms with Crippen molar-refractivity contribution in [2.45, 2.75) is 43.9 Å². The summed E-state index contributed by atoms with van der Waals surface area (Å²) in [5, 5.41) is 0. The molecule has 3 N–H and O–H groups in total. The van der Waals surface area contributed by atoms with Crippen LogP contribution in [0.15, 0.2) is 48.5 Å². The lowest BCUT2D eigenvalue weighted by Gasteiger charge is -2.22. The monoisotopic (exact) mass is 410 g/mol. The molecule has 0 spiro atoms. The molecule has 1 aliphatic heterocycles. The SMILES string of the molecule is N[C@H](CC(=O)NO[C@@H]1CCCCO1)C(=O)OCC1c2ccccc2-c2ccccc21. The van der Waals surface area contributed by atoms with Gasteiger partial charge >= 0.3 is 5.97 Å². The molecule has 158 valence electrons.